The molecule has 0 spiro atoms. The Kier molecular flexibility index (Phi) is 12.0. The Hall–Kier alpha value is -5.35. The number of alkyl carbamates (subject to hydrolysis) is 1. The molecule has 2 aliphatic carbocycles. The normalized spacial score (nSPS) is 25.3. The van der Waals surface area contributed by atoms with Crippen LogP contribution in [0.15, 0.2) is 84.3 Å². The predicted molar refractivity (Wildman–Crippen MR) is 221 cm³/mol. The van der Waals surface area contributed by atoms with Crippen LogP contribution in [0.25, 0.3) is 21.6 Å². The number of hydrogen-bond donors (Lipinski definition) is 3. The molecule has 59 heavy (non-hydrogen) atoms. The molecule has 3 fully saturated rings. The number of ether oxygens (including phenoxy) is 2. The van der Waals surface area contributed by atoms with E-state index >= 15 is 0 Å². The van der Waals surface area contributed by atoms with Crippen LogP contribution >= 0.6 is 11.3 Å². The molecule has 2 aromatic heterocycles. The van der Waals surface area contributed by atoms with E-state index in [9.17, 15) is 27.6 Å². The quantitative estimate of drug-likeness (QED) is 0.174. The lowest BCUT2D eigenvalue weighted by Gasteiger charge is -2.30. The second kappa shape index (κ2) is 17.5. The van der Waals surface area contributed by atoms with Gasteiger partial charge >= 0.3 is 6.09 Å². The third kappa shape index (κ3) is 9.43. The lowest BCUT2D eigenvalue weighted by Crippen LogP contribution is -2.58. The van der Waals surface area contributed by atoms with Crippen molar-refractivity contribution in [2.75, 3.05) is 6.54 Å². The fourth-order valence-electron chi connectivity index (χ4n) is 8.36. The summed E-state index contributed by atoms with van der Waals surface area (Å²) in [6.07, 6.45) is 9.05. The minimum atomic E-state index is -4.14. The van der Waals surface area contributed by atoms with Crippen LogP contribution in [0.5, 0.6) is 5.88 Å². The molecule has 4 aromatic rings. The minimum absolute atomic E-state index is 0.0275. The number of allylic oxidation sites excluding steroid dienone is 1. The smallest absolute Gasteiger partial charge is 0.408 e. The number of carbonyl (C=O) groups is 4. The van der Waals surface area contributed by atoms with E-state index in [0.717, 1.165) is 43.4 Å². The summed E-state index contributed by atoms with van der Waals surface area (Å²) in [5.74, 6) is -2.61. The first-order valence-corrected chi connectivity index (χ1v) is 22.9. The Morgan fingerprint density at radius 1 is 0.898 bits per heavy atom. The summed E-state index contributed by atoms with van der Waals surface area (Å²) in [6, 6.07) is 17.6. The number of rotatable bonds is 9. The van der Waals surface area contributed by atoms with Crippen LogP contribution in [-0.2, 0) is 34.9 Å². The molecule has 4 amide bonds. The number of amides is 4. The van der Waals surface area contributed by atoms with Gasteiger partial charge in [0.05, 0.1) is 28.2 Å². The summed E-state index contributed by atoms with van der Waals surface area (Å²) in [4.78, 5) is 68.5. The van der Waals surface area contributed by atoms with Crippen LogP contribution in [-0.4, -0.2) is 83.5 Å². The summed E-state index contributed by atoms with van der Waals surface area (Å²) >= 11 is 1.48. The number of thiophene rings is 1. The molecule has 4 heterocycles. The van der Waals surface area contributed by atoms with Crippen LogP contribution in [0.3, 0.4) is 0 Å². The van der Waals surface area contributed by atoms with Crippen molar-refractivity contribution < 1.29 is 37.1 Å². The molecule has 0 bridgehead atoms. The van der Waals surface area contributed by atoms with Gasteiger partial charge in [-0.3, -0.25) is 19.1 Å². The molecule has 14 nitrogen and oxygen atoms in total. The number of nitrogens with one attached hydrogen (secondary N) is 3. The van der Waals surface area contributed by atoms with Gasteiger partial charge in [0, 0.05) is 12.3 Å². The number of nitrogens with zero attached hydrogens (tertiary/aromatic N) is 3. The third-order valence-electron chi connectivity index (χ3n) is 11.5. The summed E-state index contributed by atoms with van der Waals surface area (Å²) in [5.41, 5.74) is 0.746. The molecule has 2 aromatic carbocycles. The van der Waals surface area contributed by atoms with Gasteiger partial charge in [-0.2, -0.15) is 0 Å². The zero-order valence-corrected chi connectivity index (χ0v) is 34.2. The van der Waals surface area contributed by atoms with Gasteiger partial charge in [0.15, 0.2) is 0 Å². The standard InChI is InChI=1S/C43H48N6O8S2/c50-38-35-24-31(56-39-37(36-22-13-23-58-36)44-32-19-11-12-20-33(32)45-39)26-49(35)40(51)34(46-42(53)57-30-17-9-10-18-30)21-8-3-1-2-7-16-29-25-43(29,47-38)41(52)48-59(54,55)27-28-14-5-4-6-15-28/h4-7,11-16,19-20,22-23,29-31,34-35H,1-3,8-10,17-18,21,24-27H2,(H,46,53)(H,47,50)(H,48,52)/t29-,31+,34-,35+,43+/m1/s1. The first-order chi connectivity index (χ1) is 28.6. The number of fused-ring (bicyclic) bond motifs is 3. The van der Waals surface area contributed by atoms with E-state index < -0.39 is 69.2 Å². The highest BCUT2D eigenvalue weighted by Crippen LogP contribution is 2.46. The summed E-state index contributed by atoms with van der Waals surface area (Å²) < 4.78 is 41.1. The monoisotopic (exact) mass is 840 g/mol. The van der Waals surface area contributed by atoms with Crippen LogP contribution in [0.2, 0.25) is 0 Å². The topological polar surface area (TPSA) is 186 Å². The van der Waals surface area contributed by atoms with Crippen molar-refractivity contribution in [1.29, 1.82) is 0 Å². The SMILES string of the molecule is O=C(N[C@@H]1CCCCCC=C[C@@H]2C[C@]2(C(=O)NS(=O)(=O)Cc2ccccc2)NC(=O)[C@@H]2C[C@H](Oc3nc4ccccc4nc3-c3cccs3)CN2C1=O)OC1CCCC1. The van der Waals surface area contributed by atoms with Crippen molar-refractivity contribution in [2.45, 2.75) is 106 Å². The van der Waals surface area contributed by atoms with E-state index in [0.29, 0.717) is 41.6 Å². The first kappa shape index (κ1) is 40.4. The number of aromatic nitrogens is 2. The Morgan fingerprint density at radius 2 is 1.64 bits per heavy atom. The van der Waals surface area contributed by atoms with Crippen molar-refractivity contribution in [3.05, 3.63) is 89.8 Å². The second-order valence-corrected chi connectivity index (χ2v) is 18.5. The van der Waals surface area contributed by atoms with Crippen molar-refractivity contribution in [2.24, 2.45) is 5.92 Å². The highest BCUT2D eigenvalue weighted by Gasteiger charge is 2.61. The van der Waals surface area contributed by atoms with Crippen LogP contribution < -0.4 is 20.1 Å². The first-order valence-electron chi connectivity index (χ1n) is 20.4. The fraction of sp³-hybridized carbons (Fsp3) is 0.442. The van der Waals surface area contributed by atoms with Crippen molar-refractivity contribution in [3.8, 4) is 16.5 Å². The van der Waals surface area contributed by atoms with E-state index in [1.54, 1.807) is 30.3 Å². The molecule has 4 aliphatic rings. The number of carbonyl (C=O) groups excluding carboxylic acids is 4. The van der Waals surface area contributed by atoms with Crippen molar-refractivity contribution >= 4 is 56.2 Å². The van der Waals surface area contributed by atoms with Crippen LogP contribution in [0, 0.1) is 5.92 Å². The third-order valence-corrected chi connectivity index (χ3v) is 13.6. The predicted octanol–water partition coefficient (Wildman–Crippen LogP) is 5.79. The van der Waals surface area contributed by atoms with Gasteiger partial charge < -0.3 is 25.0 Å². The van der Waals surface area contributed by atoms with Crippen molar-refractivity contribution in [1.82, 2.24) is 30.2 Å². The maximum Gasteiger partial charge on any atom is 0.408 e. The zero-order valence-electron chi connectivity index (χ0n) is 32.6. The van der Waals surface area contributed by atoms with E-state index in [1.165, 1.54) is 16.2 Å². The summed E-state index contributed by atoms with van der Waals surface area (Å²) in [6.45, 7) is -0.0286. The number of hydrogen-bond acceptors (Lipinski definition) is 11. The average molecular weight is 841 g/mol. The Bertz CT molecular complexity index is 2320. The zero-order chi connectivity index (χ0) is 41.0. The Balaban J connectivity index is 1.09. The van der Waals surface area contributed by atoms with Gasteiger partial charge in [-0.25, -0.2) is 23.2 Å². The fourth-order valence-corrected chi connectivity index (χ4v) is 10.2. The molecular formula is C43H48N6O8S2. The molecule has 8 rings (SSSR count). The van der Waals surface area contributed by atoms with E-state index in [2.05, 4.69) is 15.4 Å². The molecular weight excluding hydrogens is 793 g/mol. The molecule has 3 N–H and O–H groups in total. The van der Waals surface area contributed by atoms with Crippen LogP contribution in [0.4, 0.5) is 4.79 Å². The minimum Gasteiger partial charge on any atom is -0.471 e. The molecule has 5 atom stereocenters. The summed E-state index contributed by atoms with van der Waals surface area (Å²) in [5, 5.41) is 7.66. The van der Waals surface area contributed by atoms with E-state index in [-0.39, 0.29) is 31.4 Å². The molecule has 2 aliphatic heterocycles. The summed E-state index contributed by atoms with van der Waals surface area (Å²) in [7, 11) is -4.14. The number of para-hydroxylation sites is 2. The number of benzene rings is 2. The van der Waals surface area contributed by atoms with Gasteiger partial charge in [-0.05, 0) is 80.5 Å². The molecule has 310 valence electrons. The molecule has 2 saturated carbocycles. The Morgan fingerprint density at radius 3 is 2.41 bits per heavy atom. The molecule has 16 heteroatoms. The van der Waals surface area contributed by atoms with Gasteiger partial charge in [-0.1, -0.05) is 73.5 Å². The lowest BCUT2D eigenvalue weighted by molar-refractivity contribution is -0.141. The lowest BCUT2D eigenvalue weighted by atomic mass is 10.0. The van der Waals surface area contributed by atoms with E-state index in [4.69, 9.17) is 19.4 Å². The van der Waals surface area contributed by atoms with Gasteiger partial charge in [0.1, 0.15) is 35.5 Å². The van der Waals surface area contributed by atoms with E-state index in [1.807, 2.05) is 53.9 Å². The maximum atomic E-state index is 14.7. The number of sulfonamides is 1. The second-order valence-electron chi connectivity index (χ2n) is 15.8. The van der Waals surface area contributed by atoms with Gasteiger partial charge in [0.2, 0.25) is 27.7 Å². The molecule has 0 radical (unpaired) electrons. The highest BCUT2D eigenvalue weighted by atomic mass is 32.2. The van der Waals surface area contributed by atoms with Gasteiger partial charge in [0.25, 0.3) is 5.91 Å². The van der Waals surface area contributed by atoms with Gasteiger partial charge in [-0.15, -0.1) is 11.3 Å². The largest absolute Gasteiger partial charge is 0.471 e. The Labute approximate surface area is 347 Å². The molecule has 0 unspecified atom stereocenters. The maximum absolute atomic E-state index is 14.7. The molecule has 1 saturated heterocycles. The average Bonchev–Trinajstić information content (AvgIpc) is 3.71. The highest BCUT2D eigenvalue weighted by molar-refractivity contribution is 7.89. The van der Waals surface area contributed by atoms with Crippen molar-refractivity contribution in [3.63, 3.8) is 0 Å². The van der Waals surface area contributed by atoms with Crippen LogP contribution in [0.1, 0.15) is 76.2 Å².